The van der Waals surface area contributed by atoms with E-state index in [-0.39, 0.29) is 15.6 Å². The van der Waals surface area contributed by atoms with Crippen molar-refractivity contribution < 1.29 is 16.8 Å². The minimum absolute atomic E-state index is 0.136. The number of aryl methyl sites for hydroxylation is 2. The van der Waals surface area contributed by atoms with Gasteiger partial charge in [-0.25, -0.2) is 21.6 Å². The number of sulfonamides is 1. The Labute approximate surface area is 169 Å². The van der Waals surface area contributed by atoms with Gasteiger partial charge in [0.15, 0.2) is 9.84 Å². The van der Waals surface area contributed by atoms with Gasteiger partial charge in [-0.3, -0.25) is 4.98 Å². The van der Waals surface area contributed by atoms with Gasteiger partial charge in [-0.1, -0.05) is 29.8 Å². The van der Waals surface area contributed by atoms with Crippen LogP contribution in [0, 0.1) is 13.8 Å². The van der Waals surface area contributed by atoms with Crippen LogP contribution in [0.2, 0.25) is 0 Å². The fourth-order valence-electron chi connectivity index (χ4n) is 2.90. The maximum absolute atomic E-state index is 13.1. The number of hydrogen-bond acceptors (Lipinski definition) is 6. The van der Waals surface area contributed by atoms with Gasteiger partial charge in [0.05, 0.1) is 4.90 Å². The van der Waals surface area contributed by atoms with Gasteiger partial charge < -0.3 is 0 Å². The Morgan fingerprint density at radius 3 is 2.46 bits per heavy atom. The molecule has 0 aliphatic carbocycles. The van der Waals surface area contributed by atoms with Crippen LogP contribution < -0.4 is 4.72 Å². The molecule has 0 fully saturated rings. The average Bonchev–Trinajstić information content (AvgIpc) is 3.17. The number of thiophene rings is 1. The van der Waals surface area contributed by atoms with Gasteiger partial charge >= 0.3 is 0 Å². The first-order valence-corrected chi connectivity index (χ1v) is 12.4. The molecule has 1 atom stereocenters. The van der Waals surface area contributed by atoms with Gasteiger partial charge in [-0.2, -0.15) is 0 Å². The van der Waals surface area contributed by atoms with Crippen LogP contribution in [0.5, 0.6) is 0 Å². The summed E-state index contributed by atoms with van der Waals surface area (Å²) in [5.74, 6) is 0. The molecular weight excluding hydrogens is 416 g/mol. The van der Waals surface area contributed by atoms with Gasteiger partial charge in [0.25, 0.3) is 0 Å². The highest BCUT2D eigenvalue weighted by Gasteiger charge is 2.32. The van der Waals surface area contributed by atoms with E-state index >= 15 is 0 Å². The molecule has 0 amide bonds. The Morgan fingerprint density at radius 1 is 1.07 bits per heavy atom. The Kier molecular flexibility index (Phi) is 5.99. The van der Waals surface area contributed by atoms with E-state index < -0.39 is 25.1 Å². The van der Waals surface area contributed by atoms with Crippen LogP contribution in [-0.2, 0) is 19.9 Å². The lowest BCUT2D eigenvalue weighted by atomic mass is 10.2. The summed E-state index contributed by atoms with van der Waals surface area (Å²) >= 11 is 1.10. The third kappa shape index (κ3) is 4.33. The fraction of sp³-hybridized carbons (Fsp3) is 0.211. The normalized spacial score (nSPS) is 13.4. The highest BCUT2D eigenvalue weighted by molar-refractivity contribution is 7.93. The maximum Gasteiger partial charge on any atom is 0.240 e. The zero-order chi connectivity index (χ0) is 20.4. The van der Waals surface area contributed by atoms with E-state index in [0.717, 1.165) is 16.9 Å². The Balaban J connectivity index is 1.95. The summed E-state index contributed by atoms with van der Waals surface area (Å²) in [6.07, 6.45) is 2.99. The number of nitrogens with one attached hydrogen (secondary N) is 1. The monoisotopic (exact) mass is 436 g/mol. The van der Waals surface area contributed by atoms with Gasteiger partial charge in [-0.05, 0) is 48.6 Å². The molecule has 0 unspecified atom stereocenters. The zero-order valence-electron chi connectivity index (χ0n) is 15.4. The lowest BCUT2D eigenvalue weighted by Gasteiger charge is -2.18. The van der Waals surface area contributed by atoms with Crippen molar-refractivity contribution in [2.24, 2.45) is 0 Å². The van der Waals surface area contributed by atoms with Crippen molar-refractivity contribution in [2.45, 2.75) is 28.2 Å². The van der Waals surface area contributed by atoms with Crippen molar-refractivity contribution in [1.82, 2.24) is 9.71 Å². The lowest BCUT2D eigenvalue weighted by Crippen LogP contribution is -2.32. The van der Waals surface area contributed by atoms with E-state index in [9.17, 15) is 16.8 Å². The van der Waals surface area contributed by atoms with E-state index in [4.69, 9.17) is 0 Å². The quantitative estimate of drug-likeness (QED) is 0.614. The summed E-state index contributed by atoms with van der Waals surface area (Å²) < 4.78 is 54.5. The van der Waals surface area contributed by atoms with Gasteiger partial charge in [0, 0.05) is 18.9 Å². The minimum atomic E-state index is -3.87. The second kappa shape index (κ2) is 8.12. The summed E-state index contributed by atoms with van der Waals surface area (Å²) in [6, 6.07) is 11.4. The molecule has 0 saturated carbocycles. The number of rotatable bonds is 7. The molecule has 6 nitrogen and oxygen atoms in total. The molecule has 0 bridgehead atoms. The number of aromatic nitrogens is 1. The molecule has 3 rings (SSSR count). The molecule has 1 N–H and O–H groups in total. The van der Waals surface area contributed by atoms with Crippen LogP contribution in [-0.4, -0.2) is 28.4 Å². The predicted octanol–water partition coefficient (Wildman–Crippen LogP) is 3.25. The summed E-state index contributed by atoms with van der Waals surface area (Å²) in [4.78, 5) is 4.12. The van der Waals surface area contributed by atoms with E-state index in [1.54, 1.807) is 42.6 Å². The Morgan fingerprint density at radius 2 is 1.86 bits per heavy atom. The molecule has 0 aliphatic heterocycles. The third-order valence-corrected chi connectivity index (χ3v) is 9.40. The van der Waals surface area contributed by atoms with Crippen LogP contribution in [0.3, 0.4) is 0 Å². The summed E-state index contributed by atoms with van der Waals surface area (Å²) in [7, 11) is -7.65. The van der Waals surface area contributed by atoms with Crippen molar-refractivity contribution in [2.75, 3.05) is 6.54 Å². The molecule has 9 heteroatoms. The first kappa shape index (κ1) is 20.7. The molecule has 0 radical (unpaired) electrons. The second-order valence-electron chi connectivity index (χ2n) is 6.37. The fourth-order valence-corrected chi connectivity index (χ4v) is 7.13. The number of pyridine rings is 1. The minimum Gasteiger partial charge on any atom is -0.264 e. The highest BCUT2D eigenvalue weighted by atomic mass is 32.2. The Hall–Kier alpha value is -2.07. The SMILES string of the molecule is Cc1ccc(S(=O)(=O)NC[C@@H](c2cccnc2)S(=O)(=O)c2cccs2)c(C)c1. The van der Waals surface area contributed by atoms with Crippen LogP contribution in [0.1, 0.15) is 21.9 Å². The smallest absolute Gasteiger partial charge is 0.240 e. The summed E-state index contributed by atoms with van der Waals surface area (Å²) in [6.45, 7) is 3.30. The largest absolute Gasteiger partial charge is 0.264 e. The van der Waals surface area contributed by atoms with Gasteiger partial charge in [-0.15, -0.1) is 11.3 Å². The lowest BCUT2D eigenvalue weighted by molar-refractivity contribution is 0.569. The van der Waals surface area contributed by atoms with Crippen molar-refractivity contribution >= 4 is 31.2 Å². The number of nitrogens with zero attached hydrogens (tertiary/aromatic N) is 1. The molecule has 1 aromatic carbocycles. The molecule has 148 valence electrons. The van der Waals surface area contributed by atoms with Crippen LogP contribution in [0.4, 0.5) is 0 Å². The van der Waals surface area contributed by atoms with Gasteiger partial charge in [0.1, 0.15) is 9.46 Å². The van der Waals surface area contributed by atoms with Crippen molar-refractivity contribution in [3.63, 3.8) is 0 Å². The third-order valence-electron chi connectivity index (χ3n) is 4.28. The van der Waals surface area contributed by atoms with Gasteiger partial charge in [0.2, 0.25) is 10.0 Å². The van der Waals surface area contributed by atoms with Crippen LogP contribution in [0.15, 0.2) is 69.3 Å². The second-order valence-corrected chi connectivity index (χ2v) is 11.4. The number of benzene rings is 1. The molecule has 28 heavy (non-hydrogen) atoms. The molecule has 2 heterocycles. The number of sulfone groups is 1. The first-order valence-electron chi connectivity index (χ1n) is 8.46. The number of hydrogen-bond donors (Lipinski definition) is 1. The maximum atomic E-state index is 13.1. The molecule has 0 spiro atoms. The summed E-state index contributed by atoms with van der Waals surface area (Å²) in [5, 5.41) is 0.591. The van der Waals surface area contributed by atoms with Crippen LogP contribution in [0.25, 0.3) is 0 Å². The van der Waals surface area contributed by atoms with E-state index in [1.165, 1.54) is 24.5 Å². The molecular formula is C19H20N2O4S3. The molecule has 3 aromatic rings. The molecule has 2 aromatic heterocycles. The van der Waals surface area contributed by atoms with Crippen molar-refractivity contribution in [3.8, 4) is 0 Å². The Bertz CT molecular complexity index is 1160. The molecule has 0 saturated heterocycles. The highest BCUT2D eigenvalue weighted by Crippen LogP contribution is 2.31. The average molecular weight is 437 g/mol. The molecule has 0 aliphatic rings. The van der Waals surface area contributed by atoms with Crippen LogP contribution >= 0.6 is 11.3 Å². The van der Waals surface area contributed by atoms with Crippen molar-refractivity contribution in [3.05, 3.63) is 76.9 Å². The van der Waals surface area contributed by atoms with E-state index in [0.29, 0.717) is 11.1 Å². The van der Waals surface area contributed by atoms with Crippen molar-refractivity contribution in [1.29, 1.82) is 0 Å². The predicted molar refractivity (Wildman–Crippen MR) is 110 cm³/mol. The summed E-state index contributed by atoms with van der Waals surface area (Å²) in [5.41, 5.74) is 1.98. The zero-order valence-corrected chi connectivity index (χ0v) is 17.8. The van der Waals surface area contributed by atoms with E-state index in [1.807, 2.05) is 6.92 Å². The first-order chi connectivity index (χ1) is 13.2. The van der Waals surface area contributed by atoms with E-state index in [2.05, 4.69) is 9.71 Å². The topological polar surface area (TPSA) is 93.2 Å². The standard InChI is InChI=1S/C19H20N2O4S3/c1-14-7-8-17(15(2)11-14)28(24,25)21-13-18(16-5-3-9-20-12-16)27(22,23)19-6-4-10-26-19/h3-12,18,21H,13H2,1-2H3/t18-/m0/s1.